The summed E-state index contributed by atoms with van der Waals surface area (Å²) in [5.74, 6) is -3.86. The molecule has 3 aromatic rings. The summed E-state index contributed by atoms with van der Waals surface area (Å²) in [6.45, 7) is 5.94. The minimum absolute atomic E-state index is 0.0122. The maximum absolute atomic E-state index is 13.9. The van der Waals surface area contributed by atoms with E-state index in [1.54, 1.807) is 0 Å². The summed E-state index contributed by atoms with van der Waals surface area (Å²) in [7, 11) is 0.235. The van der Waals surface area contributed by atoms with Gasteiger partial charge < -0.3 is 24.8 Å². The van der Waals surface area contributed by atoms with Crippen LogP contribution in [0.1, 0.15) is 49.1 Å². The zero-order chi connectivity index (χ0) is 30.4. The first-order valence-electron chi connectivity index (χ1n) is 13.9. The van der Waals surface area contributed by atoms with Crippen molar-refractivity contribution >= 4 is 10.9 Å². The molecule has 0 amide bonds. The van der Waals surface area contributed by atoms with Gasteiger partial charge in [0.15, 0.2) is 17.5 Å². The van der Waals surface area contributed by atoms with Gasteiger partial charge in [0.05, 0.1) is 42.8 Å². The van der Waals surface area contributed by atoms with E-state index in [2.05, 4.69) is 10.3 Å². The van der Waals surface area contributed by atoms with E-state index < -0.39 is 68.3 Å². The van der Waals surface area contributed by atoms with Crippen LogP contribution >= 0.6 is 10.9 Å². The number of aryl methyl sites for hydroxylation is 1. The van der Waals surface area contributed by atoms with Gasteiger partial charge in [-0.3, -0.25) is 0 Å². The van der Waals surface area contributed by atoms with Gasteiger partial charge in [-0.15, -0.1) is 5.10 Å². The highest BCUT2D eigenvalue weighted by molar-refractivity contribution is 8.18. The molecule has 7 atom stereocenters. The van der Waals surface area contributed by atoms with Crippen molar-refractivity contribution in [2.75, 3.05) is 26.1 Å². The fourth-order valence-corrected chi connectivity index (χ4v) is 10.6. The van der Waals surface area contributed by atoms with Gasteiger partial charge in [0, 0.05) is 41.8 Å². The van der Waals surface area contributed by atoms with Crippen LogP contribution in [0.15, 0.2) is 42.6 Å². The van der Waals surface area contributed by atoms with Crippen LogP contribution in [0, 0.1) is 24.4 Å². The molecule has 2 fully saturated rings. The average molecular weight is 610 g/mol. The summed E-state index contributed by atoms with van der Waals surface area (Å²) >= 11 is 0. The number of benzene rings is 2. The van der Waals surface area contributed by atoms with Crippen LogP contribution in [0.3, 0.4) is 0 Å². The highest BCUT2D eigenvalue weighted by Gasteiger charge is 2.54. The van der Waals surface area contributed by atoms with Gasteiger partial charge in [-0.25, -0.2) is 28.7 Å². The molecule has 0 aliphatic carbocycles. The third kappa shape index (κ3) is 5.72. The fourth-order valence-electron chi connectivity index (χ4n) is 6.69. The van der Waals surface area contributed by atoms with Crippen molar-refractivity contribution < 1.29 is 38.0 Å². The van der Waals surface area contributed by atoms with Crippen LogP contribution in [-0.4, -0.2) is 85.0 Å². The molecule has 2 aliphatic rings. The lowest BCUT2D eigenvalue weighted by atomic mass is 9.79. The lowest BCUT2D eigenvalue weighted by Gasteiger charge is -2.55. The first kappa shape index (κ1) is 31.0. The van der Waals surface area contributed by atoms with Crippen molar-refractivity contribution in [3.63, 3.8) is 0 Å². The van der Waals surface area contributed by atoms with E-state index in [4.69, 9.17) is 9.47 Å². The highest BCUT2D eigenvalue weighted by Crippen LogP contribution is 2.61. The number of methoxy groups -OCH3 is 1. The van der Waals surface area contributed by atoms with Crippen molar-refractivity contribution in [3.8, 4) is 11.3 Å². The number of rotatable bonds is 7. The maximum atomic E-state index is 13.9. The molecule has 2 aliphatic heterocycles. The standard InChI is InChI=1S/C30H38F3N3O5S/c1-17-7-5-6-8-19(17)28(30(39)9-10-41-29(2,3)16-30)42-15-23(40-4)26(27(38)24(42)14-37)36-13-22(34-35-36)18-11-20(31)25(33)21(32)12-18/h5-8,11-13,23-24,26-28,37-39,42H,9-10,14-16H2,1-4H3/t23-,24+,26+,27-,28+,30-/m0/s1. The zero-order valence-corrected chi connectivity index (χ0v) is 24.9. The molecule has 2 saturated heterocycles. The van der Waals surface area contributed by atoms with E-state index >= 15 is 0 Å². The molecule has 2 aromatic carbocycles. The van der Waals surface area contributed by atoms with E-state index in [-0.39, 0.29) is 17.9 Å². The van der Waals surface area contributed by atoms with Crippen molar-refractivity contribution in [2.24, 2.45) is 0 Å². The smallest absolute Gasteiger partial charge is 0.194 e. The van der Waals surface area contributed by atoms with Gasteiger partial charge in [0.1, 0.15) is 11.7 Å². The monoisotopic (exact) mass is 609 g/mol. The van der Waals surface area contributed by atoms with Crippen molar-refractivity contribution in [1.82, 2.24) is 15.0 Å². The molecule has 12 heteroatoms. The number of aliphatic hydroxyl groups excluding tert-OH is 2. The van der Waals surface area contributed by atoms with Gasteiger partial charge in [0.25, 0.3) is 0 Å². The molecule has 1 aromatic heterocycles. The predicted octanol–water partition coefficient (Wildman–Crippen LogP) is 4.02. The van der Waals surface area contributed by atoms with Gasteiger partial charge in [0.2, 0.25) is 0 Å². The first-order chi connectivity index (χ1) is 19.9. The van der Waals surface area contributed by atoms with Crippen LogP contribution in [0.4, 0.5) is 13.2 Å². The molecule has 5 rings (SSSR count). The number of thiol groups is 1. The Morgan fingerprint density at radius 1 is 1.19 bits per heavy atom. The van der Waals surface area contributed by atoms with Crippen molar-refractivity contribution in [3.05, 3.63) is 71.2 Å². The van der Waals surface area contributed by atoms with Crippen LogP contribution in [-0.2, 0) is 9.47 Å². The van der Waals surface area contributed by atoms with Crippen molar-refractivity contribution in [2.45, 2.75) is 73.6 Å². The summed E-state index contributed by atoms with van der Waals surface area (Å²) < 4.78 is 54.6. The normalized spacial score (nSPS) is 31.1. The van der Waals surface area contributed by atoms with Crippen molar-refractivity contribution in [1.29, 1.82) is 0 Å². The maximum Gasteiger partial charge on any atom is 0.194 e. The van der Waals surface area contributed by atoms with Gasteiger partial charge in [-0.2, -0.15) is 0 Å². The Morgan fingerprint density at radius 2 is 1.88 bits per heavy atom. The summed E-state index contributed by atoms with van der Waals surface area (Å²) in [4.78, 5) is 0. The summed E-state index contributed by atoms with van der Waals surface area (Å²) in [6, 6.07) is 8.74. The number of hydrogen-bond acceptors (Lipinski definition) is 7. The second-order valence-electron chi connectivity index (χ2n) is 11.9. The number of nitrogens with zero attached hydrogens (tertiary/aromatic N) is 3. The molecule has 230 valence electrons. The van der Waals surface area contributed by atoms with Crippen LogP contribution in [0.25, 0.3) is 11.3 Å². The first-order valence-corrected chi connectivity index (χ1v) is 15.6. The molecular formula is C30H38F3N3O5S. The summed E-state index contributed by atoms with van der Waals surface area (Å²) in [6.07, 6.45) is 0.458. The fraction of sp³-hybridized carbons (Fsp3) is 0.533. The second kappa shape index (κ2) is 11.9. The number of aliphatic hydroxyl groups is 3. The molecule has 3 N–H and O–H groups in total. The summed E-state index contributed by atoms with van der Waals surface area (Å²) in [5.41, 5.74) is 0.318. The van der Waals surface area contributed by atoms with E-state index in [1.165, 1.54) is 18.0 Å². The van der Waals surface area contributed by atoms with E-state index in [0.717, 1.165) is 23.3 Å². The third-order valence-electron chi connectivity index (χ3n) is 8.61. The second-order valence-corrected chi connectivity index (χ2v) is 14.5. The van der Waals surface area contributed by atoms with Crippen LogP contribution < -0.4 is 0 Å². The number of hydrogen-bond donors (Lipinski definition) is 4. The molecule has 3 heterocycles. The molecule has 0 spiro atoms. The zero-order valence-electron chi connectivity index (χ0n) is 24.0. The minimum atomic E-state index is -1.58. The lowest BCUT2D eigenvalue weighted by Crippen LogP contribution is -2.55. The molecule has 42 heavy (non-hydrogen) atoms. The lowest BCUT2D eigenvalue weighted by molar-refractivity contribution is -0.145. The SMILES string of the molecule is CO[C@H]1C[SH]([C@H](c2ccccc2C)[C@]2(O)CCOC(C)(C)C2)[C@H](CO)[C@H](O)[C@@H]1n1cc(-c2cc(F)c(F)c(F)c2)nn1. The van der Waals surface area contributed by atoms with E-state index in [9.17, 15) is 28.5 Å². The Bertz CT molecular complexity index is 1400. The van der Waals surface area contributed by atoms with Crippen LogP contribution in [0.2, 0.25) is 0 Å². The average Bonchev–Trinajstić information content (AvgIpc) is 3.41. The number of ether oxygens (including phenoxy) is 2. The summed E-state index contributed by atoms with van der Waals surface area (Å²) in [5, 5.41) is 42.0. The molecule has 8 nitrogen and oxygen atoms in total. The Balaban J connectivity index is 1.54. The Labute approximate surface area is 245 Å². The molecular weight excluding hydrogens is 571 g/mol. The molecule has 0 radical (unpaired) electrons. The Kier molecular flexibility index (Phi) is 8.77. The van der Waals surface area contributed by atoms with Gasteiger partial charge in [-0.05, 0) is 44.0 Å². The van der Waals surface area contributed by atoms with E-state index in [0.29, 0.717) is 25.2 Å². The minimum Gasteiger partial charge on any atom is -0.395 e. The number of halogens is 3. The highest BCUT2D eigenvalue weighted by atomic mass is 32.2. The molecule has 1 unspecified atom stereocenters. The molecule has 0 bridgehead atoms. The van der Waals surface area contributed by atoms with Gasteiger partial charge >= 0.3 is 0 Å². The predicted molar refractivity (Wildman–Crippen MR) is 154 cm³/mol. The van der Waals surface area contributed by atoms with Crippen LogP contribution in [0.5, 0.6) is 0 Å². The third-order valence-corrected chi connectivity index (χ3v) is 12.1. The van der Waals surface area contributed by atoms with E-state index in [1.807, 2.05) is 45.0 Å². The number of aromatic nitrogens is 3. The topological polar surface area (TPSA) is 110 Å². The Hall–Kier alpha value is -2.48. The quantitative estimate of drug-likeness (QED) is 0.237. The largest absolute Gasteiger partial charge is 0.395 e. The molecule has 0 saturated carbocycles. The Morgan fingerprint density at radius 3 is 2.50 bits per heavy atom. The van der Waals surface area contributed by atoms with Gasteiger partial charge in [-0.1, -0.05) is 29.5 Å².